The fourth-order valence-corrected chi connectivity index (χ4v) is 2.36. The highest BCUT2D eigenvalue weighted by Crippen LogP contribution is 2.16. The van der Waals surface area contributed by atoms with E-state index in [-0.39, 0.29) is 0 Å². The first-order valence-corrected chi connectivity index (χ1v) is 6.33. The molecule has 1 fully saturated rings. The van der Waals surface area contributed by atoms with Gasteiger partial charge in [0.2, 0.25) is 0 Å². The van der Waals surface area contributed by atoms with Crippen molar-refractivity contribution < 1.29 is 9.15 Å². The summed E-state index contributed by atoms with van der Waals surface area (Å²) < 4.78 is 10.9. The highest BCUT2D eigenvalue weighted by Gasteiger charge is 2.28. The summed E-state index contributed by atoms with van der Waals surface area (Å²) in [6, 6.07) is 4.46. The number of ether oxygens (including phenoxy) is 1. The van der Waals surface area contributed by atoms with E-state index in [4.69, 9.17) is 9.15 Å². The van der Waals surface area contributed by atoms with Crippen molar-refractivity contribution in [3.05, 3.63) is 24.2 Å². The van der Waals surface area contributed by atoms with Gasteiger partial charge in [-0.2, -0.15) is 0 Å². The Bertz CT molecular complexity index is 313. The zero-order valence-corrected chi connectivity index (χ0v) is 10.7. The molecule has 1 N–H and O–H groups in total. The van der Waals surface area contributed by atoms with Crippen LogP contribution in [0.15, 0.2) is 22.8 Å². The van der Waals surface area contributed by atoms with E-state index in [1.54, 1.807) is 6.26 Å². The summed E-state index contributed by atoms with van der Waals surface area (Å²) in [5.41, 5.74) is 0. The van der Waals surface area contributed by atoms with E-state index in [9.17, 15) is 0 Å². The fourth-order valence-electron chi connectivity index (χ4n) is 2.36. The molecule has 0 saturated carbocycles. The van der Waals surface area contributed by atoms with Gasteiger partial charge in [-0.25, -0.2) is 0 Å². The first-order chi connectivity index (χ1) is 8.33. The molecule has 0 bridgehead atoms. The van der Waals surface area contributed by atoms with E-state index in [2.05, 4.69) is 17.1 Å². The van der Waals surface area contributed by atoms with E-state index in [0.29, 0.717) is 12.0 Å². The van der Waals surface area contributed by atoms with E-state index in [1.165, 1.54) is 0 Å². The maximum atomic E-state index is 5.53. The van der Waals surface area contributed by atoms with Crippen LogP contribution in [0, 0.1) is 5.92 Å². The van der Waals surface area contributed by atoms with Crippen molar-refractivity contribution >= 4 is 0 Å². The van der Waals surface area contributed by atoms with Gasteiger partial charge < -0.3 is 14.5 Å². The molecular weight excluding hydrogens is 216 g/mol. The number of nitrogens with zero attached hydrogens (tertiary/aromatic N) is 1. The van der Waals surface area contributed by atoms with Crippen molar-refractivity contribution in [1.29, 1.82) is 0 Å². The number of hydrogen-bond acceptors (Lipinski definition) is 4. The molecule has 0 radical (unpaired) electrons. The Morgan fingerprint density at radius 2 is 2.35 bits per heavy atom. The smallest absolute Gasteiger partial charge is 0.117 e. The lowest BCUT2D eigenvalue weighted by atomic mass is 10.0. The molecule has 2 heterocycles. The van der Waals surface area contributed by atoms with E-state index in [1.807, 2.05) is 19.2 Å². The van der Waals surface area contributed by atoms with Crippen LogP contribution in [-0.4, -0.2) is 44.3 Å². The molecule has 4 nitrogen and oxygen atoms in total. The number of likely N-dealkylation sites (N-methyl/N-ethyl adjacent to an activating group) is 1. The number of furan rings is 1. The molecule has 4 heteroatoms. The van der Waals surface area contributed by atoms with Gasteiger partial charge in [0.15, 0.2) is 0 Å². The van der Waals surface area contributed by atoms with Crippen LogP contribution in [0.3, 0.4) is 0 Å². The molecule has 1 aromatic heterocycles. The molecule has 1 saturated heterocycles. The number of nitrogens with one attached hydrogen (secondary N) is 1. The lowest BCUT2D eigenvalue weighted by Gasteiger charge is -2.25. The summed E-state index contributed by atoms with van der Waals surface area (Å²) >= 11 is 0. The van der Waals surface area contributed by atoms with E-state index >= 15 is 0 Å². The molecule has 1 aliphatic heterocycles. The molecule has 0 aliphatic carbocycles. The molecule has 2 rings (SSSR count). The molecule has 0 aromatic carbocycles. The summed E-state index contributed by atoms with van der Waals surface area (Å²) in [5, 5.41) is 3.33. The van der Waals surface area contributed by atoms with E-state index in [0.717, 1.165) is 38.6 Å². The van der Waals surface area contributed by atoms with Crippen LogP contribution >= 0.6 is 0 Å². The monoisotopic (exact) mass is 238 g/mol. The first kappa shape index (κ1) is 12.6. The van der Waals surface area contributed by atoms with Gasteiger partial charge in [-0.05, 0) is 25.7 Å². The quantitative estimate of drug-likeness (QED) is 0.811. The molecule has 2 unspecified atom stereocenters. The zero-order chi connectivity index (χ0) is 12.1. The predicted molar refractivity (Wildman–Crippen MR) is 66.8 cm³/mol. The second kappa shape index (κ2) is 6.19. The van der Waals surface area contributed by atoms with E-state index < -0.39 is 0 Å². The Morgan fingerprint density at radius 1 is 1.47 bits per heavy atom. The number of rotatable bonds is 6. The van der Waals surface area contributed by atoms with Crippen molar-refractivity contribution in [2.24, 2.45) is 5.92 Å². The maximum absolute atomic E-state index is 5.53. The molecule has 96 valence electrons. The second-order valence-electron chi connectivity index (χ2n) is 4.60. The molecule has 1 aliphatic rings. The predicted octanol–water partition coefficient (Wildman–Crippen LogP) is 1.34. The highest BCUT2D eigenvalue weighted by molar-refractivity contribution is 4.98. The van der Waals surface area contributed by atoms with Crippen molar-refractivity contribution in [3.63, 3.8) is 0 Å². The van der Waals surface area contributed by atoms with Crippen molar-refractivity contribution in [2.75, 3.05) is 33.4 Å². The fraction of sp³-hybridized carbons (Fsp3) is 0.692. The van der Waals surface area contributed by atoms with Gasteiger partial charge in [-0.3, -0.25) is 4.90 Å². The third-order valence-electron chi connectivity index (χ3n) is 3.47. The largest absolute Gasteiger partial charge is 0.468 e. The Hall–Kier alpha value is -0.840. The second-order valence-corrected chi connectivity index (χ2v) is 4.60. The Morgan fingerprint density at radius 3 is 3.00 bits per heavy atom. The van der Waals surface area contributed by atoms with Gasteiger partial charge in [0.05, 0.1) is 26.0 Å². The van der Waals surface area contributed by atoms with Gasteiger partial charge in [-0.15, -0.1) is 0 Å². The van der Waals surface area contributed by atoms with Crippen molar-refractivity contribution in [1.82, 2.24) is 10.2 Å². The van der Waals surface area contributed by atoms with Crippen molar-refractivity contribution in [3.8, 4) is 0 Å². The summed E-state index contributed by atoms with van der Waals surface area (Å²) in [7, 11) is 2.01. The molecular formula is C13H22N2O2. The average Bonchev–Trinajstić information content (AvgIpc) is 2.99. The first-order valence-electron chi connectivity index (χ1n) is 6.33. The molecule has 0 amide bonds. The minimum absolute atomic E-state index is 0.487. The summed E-state index contributed by atoms with van der Waals surface area (Å²) in [4.78, 5) is 2.41. The Labute approximate surface area is 103 Å². The van der Waals surface area contributed by atoms with Crippen molar-refractivity contribution in [2.45, 2.75) is 19.5 Å². The molecule has 1 aromatic rings. The van der Waals surface area contributed by atoms with Crippen LogP contribution in [0.1, 0.15) is 12.7 Å². The lowest BCUT2D eigenvalue weighted by Crippen LogP contribution is -2.40. The lowest BCUT2D eigenvalue weighted by molar-refractivity contribution is 0.163. The SMILES string of the molecule is CCN(Cc1ccco1)CC1COCC1NC. The molecule has 2 atom stereocenters. The standard InChI is InChI=1S/C13H22N2O2/c1-3-15(8-12-5-4-6-17-12)7-11-9-16-10-13(11)14-2/h4-6,11,13-14H,3,7-10H2,1-2H3. The topological polar surface area (TPSA) is 37.6 Å². The van der Waals surface area contributed by atoms with Crippen LogP contribution in [-0.2, 0) is 11.3 Å². The van der Waals surface area contributed by atoms with Crippen LogP contribution < -0.4 is 5.32 Å². The normalized spacial score (nSPS) is 24.6. The van der Waals surface area contributed by atoms with Gasteiger partial charge >= 0.3 is 0 Å². The third-order valence-corrected chi connectivity index (χ3v) is 3.47. The van der Waals surface area contributed by atoms with Gasteiger partial charge in [0, 0.05) is 18.5 Å². The maximum Gasteiger partial charge on any atom is 0.117 e. The van der Waals surface area contributed by atoms with Crippen LogP contribution in [0.25, 0.3) is 0 Å². The van der Waals surface area contributed by atoms with Crippen LogP contribution in [0.4, 0.5) is 0 Å². The van der Waals surface area contributed by atoms with Crippen LogP contribution in [0.5, 0.6) is 0 Å². The van der Waals surface area contributed by atoms with Gasteiger partial charge in [0.1, 0.15) is 5.76 Å². The average molecular weight is 238 g/mol. The molecule has 17 heavy (non-hydrogen) atoms. The summed E-state index contributed by atoms with van der Waals surface area (Å²) in [5.74, 6) is 1.61. The van der Waals surface area contributed by atoms with Gasteiger partial charge in [0.25, 0.3) is 0 Å². The van der Waals surface area contributed by atoms with Gasteiger partial charge in [-0.1, -0.05) is 6.92 Å². The van der Waals surface area contributed by atoms with Crippen LogP contribution in [0.2, 0.25) is 0 Å². The Balaban J connectivity index is 1.86. The Kier molecular flexibility index (Phi) is 4.59. The zero-order valence-electron chi connectivity index (χ0n) is 10.7. The number of hydrogen-bond donors (Lipinski definition) is 1. The third kappa shape index (κ3) is 3.31. The minimum Gasteiger partial charge on any atom is -0.468 e. The minimum atomic E-state index is 0.487. The summed E-state index contributed by atoms with van der Waals surface area (Å²) in [6.07, 6.45) is 1.73. The highest BCUT2D eigenvalue weighted by atomic mass is 16.5. The summed E-state index contributed by atoms with van der Waals surface area (Å²) in [6.45, 7) is 6.86. The molecule has 0 spiro atoms.